The van der Waals surface area contributed by atoms with Crippen molar-refractivity contribution < 1.29 is 9.94 Å². The molecule has 0 spiro atoms. The maximum absolute atomic E-state index is 8.77. The van der Waals surface area contributed by atoms with Crippen molar-refractivity contribution in [2.75, 3.05) is 13.7 Å². The van der Waals surface area contributed by atoms with Gasteiger partial charge in [-0.3, -0.25) is 9.56 Å². The maximum atomic E-state index is 8.77. The van der Waals surface area contributed by atoms with Gasteiger partial charge in [0, 0.05) is 35.7 Å². The number of aliphatic imine (C=N–C) groups is 1. The van der Waals surface area contributed by atoms with Crippen LogP contribution < -0.4 is 10.2 Å². The molecule has 0 radical (unpaired) electrons. The lowest BCUT2D eigenvalue weighted by Gasteiger charge is -2.14. The molecule has 0 saturated carbocycles. The second-order valence-electron chi connectivity index (χ2n) is 7.83. The van der Waals surface area contributed by atoms with E-state index in [1.165, 1.54) is 0 Å². The zero-order chi connectivity index (χ0) is 23.5. The highest BCUT2D eigenvalue weighted by atomic mass is 32.1. The van der Waals surface area contributed by atoms with Gasteiger partial charge >= 0.3 is 0 Å². The van der Waals surface area contributed by atoms with Crippen LogP contribution >= 0.6 is 11.3 Å². The standard InChI is InChI=1S/C25H24N6O2S/c1-16-29-30-25-21(15-23-26-12-13-34-23)28-24(18-7-5-17(6-8-18)4-3-11-27-32)20-14-19(33-2)9-10-22(20)31(16)25/h3-10,12-14,21,27,32H,11,15H2,1-2H3/b4-3+/t21-/m0/s1. The lowest BCUT2D eigenvalue weighted by atomic mass is 9.98. The van der Waals surface area contributed by atoms with Crippen LogP contribution in [0.4, 0.5) is 0 Å². The summed E-state index contributed by atoms with van der Waals surface area (Å²) in [4.78, 5) is 9.72. The van der Waals surface area contributed by atoms with Crippen LogP contribution in [-0.2, 0) is 6.42 Å². The molecule has 3 heterocycles. The van der Waals surface area contributed by atoms with E-state index in [0.717, 1.165) is 50.5 Å². The summed E-state index contributed by atoms with van der Waals surface area (Å²) in [5, 5.41) is 20.6. The van der Waals surface area contributed by atoms with Gasteiger partial charge in [0.25, 0.3) is 0 Å². The Morgan fingerprint density at radius 1 is 1.18 bits per heavy atom. The fourth-order valence-corrected chi connectivity index (χ4v) is 4.74. The first-order valence-corrected chi connectivity index (χ1v) is 11.8. The Morgan fingerprint density at radius 2 is 2.03 bits per heavy atom. The number of methoxy groups -OCH3 is 1. The van der Waals surface area contributed by atoms with Crippen molar-refractivity contribution in [1.29, 1.82) is 0 Å². The second-order valence-corrected chi connectivity index (χ2v) is 8.81. The number of aromatic nitrogens is 4. The first-order valence-electron chi connectivity index (χ1n) is 10.9. The molecule has 34 heavy (non-hydrogen) atoms. The molecule has 9 heteroatoms. The zero-order valence-electron chi connectivity index (χ0n) is 18.8. The first-order chi connectivity index (χ1) is 16.7. The fraction of sp³-hybridized carbons (Fsp3) is 0.200. The van der Waals surface area contributed by atoms with Crippen LogP contribution in [0, 0.1) is 6.92 Å². The Hall–Kier alpha value is -3.66. The van der Waals surface area contributed by atoms with Gasteiger partial charge in [0.2, 0.25) is 0 Å². The molecule has 2 aromatic carbocycles. The number of rotatable bonds is 7. The van der Waals surface area contributed by atoms with Crippen LogP contribution in [0.1, 0.15) is 39.4 Å². The summed E-state index contributed by atoms with van der Waals surface area (Å²) >= 11 is 1.61. The number of benzene rings is 2. The molecule has 0 saturated heterocycles. The summed E-state index contributed by atoms with van der Waals surface area (Å²) in [6, 6.07) is 14.0. The van der Waals surface area contributed by atoms with E-state index in [9.17, 15) is 0 Å². The van der Waals surface area contributed by atoms with Crippen molar-refractivity contribution in [2.45, 2.75) is 19.4 Å². The van der Waals surface area contributed by atoms with E-state index in [1.807, 2.05) is 61.0 Å². The number of nitrogens with one attached hydrogen (secondary N) is 1. The topological polar surface area (TPSA) is 97.4 Å². The molecule has 0 amide bonds. The third-order valence-corrected chi connectivity index (χ3v) is 6.49. The average Bonchev–Trinajstić information content (AvgIpc) is 3.49. The van der Waals surface area contributed by atoms with E-state index in [4.69, 9.17) is 14.9 Å². The van der Waals surface area contributed by atoms with E-state index >= 15 is 0 Å². The molecular formula is C25H24N6O2S. The van der Waals surface area contributed by atoms with Gasteiger partial charge in [-0.15, -0.1) is 21.5 Å². The van der Waals surface area contributed by atoms with Crippen LogP contribution in [0.15, 0.2) is 65.1 Å². The Labute approximate surface area is 201 Å². The number of aryl methyl sites for hydroxylation is 1. The number of hydrogen-bond acceptors (Lipinski definition) is 8. The van der Waals surface area contributed by atoms with Crippen molar-refractivity contribution in [3.8, 4) is 11.4 Å². The molecule has 172 valence electrons. The highest BCUT2D eigenvalue weighted by Crippen LogP contribution is 2.34. The van der Waals surface area contributed by atoms with Gasteiger partial charge in [-0.1, -0.05) is 36.4 Å². The van der Waals surface area contributed by atoms with E-state index < -0.39 is 0 Å². The number of hydrogen-bond donors (Lipinski definition) is 2. The van der Waals surface area contributed by atoms with Crippen molar-refractivity contribution in [3.63, 3.8) is 0 Å². The minimum Gasteiger partial charge on any atom is -0.497 e. The van der Waals surface area contributed by atoms with Gasteiger partial charge in [-0.05, 0) is 30.7 Å². The zero-order valence-corrected chi connectivity index (χ0v) is 19.7. The minimum atomic E-state index is -0.240. The quantitative estimate of drug-likeness (QED) is 0.392. The van der Waals surface area contributed by atoms with Gasteiger partial charge in [-0.25, -0.2) is 10.5 Å². The van der Waals surface area contributed by atoms with E-state index in [1.54, 1.807) is 18.4 Å². The van der Waals surface area contributed by atoms with E-state index in [0.29, 0.717) is 13.0 Å². The highest BCUT2D eigenvalue weighted by molar-refractivity contribution is 7.09. The Kier molecular flexibility index (Phi) is 6.31. The first kappa shape index (κ1) is 22.1. The lowest BCUT2D eigenvalue weighted by Crippen LogP contribution is -2.09. The van der Waals surface area contributed by atoms with Gasteiger partial charge in [0.05, 0.1) is 23.5 Å². The molecule has 8 nitrogen and oxygen atoms in total. The van der Waals surface area contributed by atoms with Crippen LogP contribution in [-0.4, -0.2) is 44.3 Å². The molecule has 1 aliphatic rings. The lowest BCUT2D eigenvalue weighted by molar-refractivity contribution is 0.180. The Morgan fingerprint density at radius 3 is 2.76 bits per heavy atom. The number of fused-ring (bicyclic) bond motifs is 3. The summed E-state index contributed by atoms with van der Waals surface area (Å²) in [5.74, 6) is 2.36. The third-order valence-electron chi connectivity index (χ3n) is 5.69. The summed E-state index contributed by atoms with van der Waals surface area (Å²) < 4.78 is 7.64. The maximum Gasteiger partial charge on any atom is 0.162 e. The largest absolute Gasteiger partial charge is 0.497 e. The van der Waals surface area contributed by atoms with Crippen LogP contribution in [0.25, 0.3) is 11.8 Å². The van der Waals surface area contributed by atoms with Crippen LogP contribution in [0.2, 0.25) is 0 Å². The smallest absolute Gasteiger partial charge is 0.162 e. The molecule has 0 unspecified atom stereocenters. The molecule has 1 aliphatic heterocycles. The normalized spacial score (nSPS) is 15.0. The minimum absolute atomic E-state index is 0.240. The molecule has 0 fully saturated rings. The summed E-state index contributed by atoms with van der Waals surface area (Å²) in [6.45, 7) is 2.34. The van der Waals surface area contributed by atoms with Gasteiger partial charge in [-0.2, -0.15) is 0 Å². The third kappa shape index (κ3) is 4.28. The molecule has 0 aliphatic carbocycles. The predicted octanol–water partition coefficient (Wildman–Crippen LogP) is 4.17. The van der Waals surface area contributed by atoms with Gasteiger partial charge in [0.15, 0.2) is 5.82 Å². The monoisotopic (exact) mass is 472 g/mol. The predicted molar refractivity (Wildman–Crippen MR) is 132 cm³/mol. The SMILES string of the molecule is COc1ccc2c(c1)C(c1ccc(/C=C/CNO)cc1)=N[C@@H](Cc1nccs1)c1nnc(C)n1-2. The molecule has 5 rings (SSSR count). The number of thiazole rings is 1. The second kappa shape index (κ2) is 9.68. The number of nitrogens with zero attached hydrogens (tertiary/aromatic N) is 5. The Balaban J connectivity index is 1.66. The molecule has 0 bridgehead atoms. The number of ether oxygens (including phenoxy) is 1. The van der Waals surface area contributed by atoms with Crippen molar-refractivity contribution in [1.82, 2.24) is 25.2 Å². The number of hydroxylamine groups is 1. The average molecular weight is 473 g/mol. The molecule has 2 N–H and O–H groups in total. The molecule has 2 aromatic heterocycles. The van der Waals surface area contributed by atoms with Crippen molar-refractivity contribution in [2.24, 2.45) is 4.99 Å². The van der Waals surface area contributed by atoms with Gasteiger partial charge < -0.3 is 9.94 Å². The summed E-state index contributed by atoms with van der Waals surface area (Å²) in [6.07, 6.45) is 6.26. The molecule has 4 aromatic rings. The fourth-order valence-electron chi connectivity index (χ4n) is 4.09. The van der Waals surface area contributed by atoms with E-state index in [2.05, 4.69) is 37.4 Å². The summed E-state index contributed by atoms with van der Waals surface area (Å²) in [7, 11) is 1.67. The summed E-state index contributed by atoms with van der Waals surface area (Å²) in [5.41, 5.74) is 6.95. The Bertz CT molecular complexity index is 1340. The van der Waals surface area contributed by atoms with Crippen molar-refractivity contribution in [3.05, 3.63) is 93.5 Å². The van der Waals surface area contributed by atoms with Gasteiger partial charge in [0.1, 0.15) is 17.6 Å². The van der Waals surface area contributed by atoms with Crippen LogP contribution in [0.3, 0.4) is 0 Å². The van der Waals surface area contributed by atoms with Crippen molar-refractivity contribution >= 4 is 23.1 Å². The van der Waals surface area contributed by atoms with Crippen LogP contribution in [0.5, 0.6) is 5.75 Å². The van der Waals surface area contributed by atoms with E-state index in [-0.39, 0.29) is 6.04 Å². The molecule has 1 atom stereocenters. The molecular weight excluding hydrogens is 448 g/mol. The highest BCUT2D eigenvalue weighted by Gasteiger charge is 2.29.